The van der Waals surface area contributed by atoms with Crippen molar-refractivity contribution < 1.29 is 18.7 Å². The zero-order valence-electron chi connectivity index (χ0n) is 16.1. The van der Waals surface area contributed by atoms with Crippen molar-refractivity contribution in [2.24, 2.45) is 0 Å². The Bertz CT molecular complexity index is 1250. The first kappa shape index (κ1) is 20.2. The number of aromatic nitrogens is 2. The summed E-state index contributed by atoms with van der Waals surface area (Å²) in [4.78, 5) is 21.1. The van der Waals surface area contributed by atoms with Crippen molar-refractivity contribution in [3.05, 3.63) is 69.0 Å². The van der Waals surface area contributed by atoms with Crippen molar-refractivity contribution in [3.8, 4) is 11.3 Å². The molecule has 1 aliphatic carbocycles. The van der Waals surface area contributed by atoms with Crippen molar-refractivity contribution in [1.29, 1.82) is 0 Å². The summed E-state index contributed by atoms with van der Waals surface area (Å²) in [6.07, 6.45) is 0.805. The van der Waals surface area contributed by atoms with Crippen LogP contribution in [-0.4, -0.2) is 33.1 Å². The number of nitrogens with one attached hydrogen (secondary N) is 1. The lowest BCUT2D eigenvalue weighted by atomic mass is 9.89. The second-order valence-electron chi connectivity index (χ2n) is 7.50. The lowest BCUT2D eigenvalue weighted by Gasteiger charge is -2.32. The zero-order valence-corrected chi connectivity index (χ0v) is 17.8. The Morgan fingerprint density at radius 3 is 2.68 bits per heavy atom. The number of nitrogens with zero attached hydrogens (tertiary/aromatic N) is 2. The van der Waals surface area contributed by atoms with Gasteiger partial charge < -0.3 is 10.4 Å². The number of fused-ring (bicyclic) bond motifs is 1. The van der Waals surface area contributed by atoms with E-state index in [2.05, 4.69) is 15.3 Å². The van der Waals surface area contributed by atoms with E-state index in [-0.39, 0.29) is 23.7 Å². The quantitative estimate of drug-likeness (QED) is 0.461. The fraction of sp³-hybridized carbons (Fsp3) is 0.227. The number of hydrogen-bond donors (Lipinski definition) is 2. The first-order chi connectivity index (χ1) is 15.0. The summed E-state index contributed by atoms with van der Waals surface area (Å²) >= 11 is 2.76. The Hall–Kier alpha value is -2.75. The van der Waals surface area contributed by atoms with Crippen molar-refractivity contribution in [2.75, 3.05) is 0 Å². The Balaban J connectivity index is 1.49. The van der Waals surface area contributed by atoms with Gasteiger partial charge in [0.1, 0.15) is 17.3 Å². The third-order valence-electron chi connectivity index (χ3n) is 5.51. The molecule has 158 valence electrons. The normalized spacial score (nSPS) is 18.2. The van der Waals surface area contributed by atoms with Gasteiger partial charge in [0.05, 0.1) is 33.6 Å². The number of aliphatic hydroxyl groups is 1. The van der Waals surface area contributed by atoms with Crippen LogP contribution in [0.4, 0.5) is 8.78 Å². The summed E-state index contributed by atoms with van der Waals surface area (Å²) in [6.45, 7) is 0. The molecule has 0 saturated heterocycles. The molecule has 3 aromatic heterocycles. The number of amides is 1. The van der Waals surface area contributed by atoms with Crippen LogP contribution in [0, 0.1) is 11.6 Å². The average Bonchev–Trinajstić information content (AvgIpc) is 3.45. The maximum absolute atomic E-state index is 14.9. The Labute approximate surface area is 184 Å². The number of thiazole rings is 1. The Kier molecular flexibility index (Phi) is 5.25. The molecule has 5 nitrogen and oxygen atoms in total. The summed E-state index contributed by atoms with van der Waals surface area (Å²) in [5.41, 5.74) is 3.84. The number of benzene rings is 1. The SMILES string of the molecule is O=C(N[C@@H]1CC[C@H]1O)c1cc(Cc2c(F)cc(-c3cscn3)cc2F)c2sccc2n1. The van der Waals surface area contributed by atoms with E-state index in [9.17, 15) is 18.7 Å². The molecule has 0 bridgehead atoms. The molecule has 0 radical (unpaired) electrons. The van der Waals surface area contributed by atoms with Gasteiger partial charge in [0, 0.05) is 22.9 Å². The van der Waals surface area contributed by atoms with E-state index in [4.69, 9.17) is 0 Å². The highest BCUT2D eigenvalue weighted by Crippen LogP contribution is 2.30. The van der Waals surface area contributed by atoms with Crippen LogP contribution in [0.1, 0.15) is 34.5 Å². The molecule has 2 atom stereocenters. The number of hydrogen-bond acceptors (Lipinski definition) is 6. The fourth-order valence-corrected chi connectivity index (χ4v) is 5.04. The molecule has 0 spiro atoms. The summed E-state index contributed by atoms with van der Waals surface area (Å²) < 4.78 is 30.5. The zero-order chi connectivity index (χ0) is 21.5. The topological polar surface area (TPSA) is 75.1 Å². The van der Waals surface area contributed by atoms with Crippen molar-refractivity contribution >= 4 is 38.8 Å². The first-order valence-corrected chi connectivity index (χ1v) is 11.5. The van der Waals surface area contributed by atoms with Gasteiger partial charge in [-0.1, -0.05) is 0 Å². The lowest BCUT2D eigenvalue weighted by Crippen LogP contribution is -2.50. The van der Waals surface area contributed by atoms with Gasteiger partial charge in [-0.2, -0.15) is 0 Å². The maximum Gasteiger partial charge on any atom is 0.270 e. The smallest absolute Gasteiger partial charge is 0.270 e. The van der Waals surface area contributed by atoms with Gasteiger partial charge in [-0.15, -0.1) is 22.7 Å². The van der Waals surface area contributed by atoms with Gasteiger partial charge >= 0.3 is 0 Å². The second-order valence-corrected chi connectivity index (χ2v) is 9.13. The predicted molar refractivity (Wildman–Crippen MR) is 116 cm³/mol. The average molecular weight is 458 g/mol. The van der Waals surface area contributed by atoms with Gasteiger partial charge in [-0.25, -0.2) is 18.7 Å². The minimum Gasteiger partial charge on any atom is -0.391 e. The number of halogens is 2. The van der Waals surface area contributed by atoms with E-state index >= 15 is 0 Å². The van der Waals surface area contributed by atoms with Gasteiger partial charge in [-0.05, 0) is 48.1 Å². The Morgan fingerprint density at radius 2 is 2.03 bits per heavy atom. The molecule has 1 amide bonds. The lowest BCUT2D eigenvalue weighted by molar-refractivity contribution is 0.0446. The van der Waals surface area contributed by atoms with E-state index < -0.39 is 23.6 Å². The highest BCUT2D eigenvalue weighted by Gasteiger charge is 2.31. The molecule has 3 heterocycles. The molecule has 4 aromatic rings. The predicted octanol–water partition coefficient (Wildman–Crippen LogP) is 4.54. The maximum atomic E-state index is 14.9. The van der Waals surface area contributed by atoms with Gasteiger partial charge in [-0.3, -0.25) is 4.79 Å². The number of carbonyl (C=O) groups is 1. The number of thiophene rings is 1. The molecule has 1 fully saturated rings. The van der Waals surface area contributed by atoms with E-state index in [1.807, 2.05) is 5.38 Å². The van der Waals surface area contributed by atoms with E-state index in [1.54, 1.807) is 23.0 Å². The first-order valence-electron chi connectivity index (χ1n) is 9.72. The largest absolute Gasteiger partial charge is 0.391 e. The molecule has 1 aromatic carbocycles. The standard InChI is InChI=1S/C22H17F2N3O2S2/c23-14-6-11(19-9-30-10-25-19)7-15(24)13(14)5-12-8-18(26-17-3-4-31-21(12)17)22(29)27-16-1-2-20(16)28/h3-4,6-10,16,20,28H,1-2,5H2,(H,27,29)/t16-,20-/m1/s1. The van der Waals surface area contributed by atoms with Crippen LogP contribution in [0.3, 0.4) is 0 Å². The third kappa shape index (κ3) is 3.84. The van der Waals surface area contributed by atoms with Crippen LogP contribution in [-0.2, 0) is 6.42 Å². The summed E-state index contributed by atoms with van der Waals surface area (Å²) in [6, 6.07) is 5.63. The minimum atomic E-state index is -0.659. The van der Waals surface area contributed by atoms with Crippen molar-refractivity contribution in [3.63, 3.8) is 0 Å². The highest BCUT2D eigenvalue weighted by molar-refractivity contribution is 7.17. The number of carbonyl (C=O) groups excluding carboxylic acids is 1. The van der Waals surface area contributed by atoms with Gasteiger partial charge in [0.25, 0.3) is 5.91 Å². The molecule has 0 unspecified atom stereocenters. The molecule has 31 heavy (non-hydrogen) atoms. The monoisotopic (exact) mass is 457 g/mol. The summed E-state index contributed by atoms with van der Waals surface area (Å²) in [5, 5.41) is 16.1. The number of pyridine rings is 1. The van der Waals surface area contributed by atoms with Crippen LogP contribution in [0.25, 0.3) is 21.5 Å². The number of aliphatic hydroxyl groups excluding tert-OH is 1. The Morgan fingerprint density at radius 1 is 1.23 bits per heavy atom. The molecule has 9 heteroatoms. The number of rotatable bonds is 5. The van der Waals surface area contributed by atoms with Crippen LogP contribution in [0.2, 0.25) is 0 Å². The fourth-order valence-electron chi connectivity index (χ4n) is 3.63. The van der Waals surface area contributed by atoms with Crippen LogP contribution < -0.4 is 5.32 Å². The van der Waals surface area contributed by atoms with Gasteiger partial charge in [0.2, 0.25) is 0 Å². The summed E-state index contributed by atoms with van der Waals surface area (Å²) in [5.74, 6) is -1.72. The summed E-state index contributed by atoms with van der Waals surface area (Å²) in [7, 11) is 0. The molecule has 0 aliphatic heterocycles. The van der Waals surface area contributed by atoms with Crippen LogP contribution in [0.15, 0.2) is 40.5 Å². The minimum absolute atomic E-state index is 0.0130. The van der Waals surface area contributed by atoms with E-state index in [0.29, 0.717) is 35.2 Å². The van der Waals surface area contributed by atoms with Crippen LogP contribution >= 0.6 is 22.7 Å². The van der Waals surface area contributed by atoms with Crippen LogP contribution in [0.5, 0.6) is 0 Å². The van der Waals surface area contributed by atoms with E-state index in [0.717, 1.165) is 4.70 Å². The van der Waals surface area contributed by atoms with Crippen molar-refractivity contribution in [1.82, 2.24) is 15.3 Å². The second kappa shape index (κ2) is 8.07. The third-order valence-corrected chi connectivity index (χ3v) is 7.08. The van der Waals surface area contributed by atoms with E-state index in [1.165, 1.54) is 34.8 Å². The van der Waals surface area contributed by atoms with Crippen molar-refractivity contribution in [2.45, 2.75) is 31.4 Å². The molecule has 2 N–H and O–H groups in total. The molecule has 1 saturated carbocycles. The molecule has 5 rings (SSSR count). The molecular weight excluding hydrogens is 440 g/mol. The molecular formula is C22H17F2N3O2S2. The highest BCUT2D eigenvalue weighted by atomic mass is 32.1. The van der Waals surface area contributed by atoms with Gasteiger partial charge in [0.15, 0.2) is 0 Å². The molecule has 1 aliphatic rings.